The lowest BCUT2D eigenvalue weighted by Gasteiger charge is -2.27. The van der Waals surface area contributed by atoms with E-state index in [0.717, 1.165) is 5.56 Å². The molecule has 1 aromatic rings. The van der Waals surface area contributed by atoms with Gasteiger partial charge in [0.1, 0.15) is 0 Å². The van der Waals surface area contributed by atoms with Gasteiger partial charge in [-0.15, -0.1) is 0 Å². The Balaban J connectivity index is 2.82. The summed E-state index contributed by atoms with van der Waals surface area (Å²) in [6.07, 6.45) is 0. The van der Waals surface area contributed by atoms with Crippen LogP contribution in [0, 0.1) is 6.92 Å². The third-order valence-corrected chi connectivity index (χ3v) is 4.26. The predicted molar refractivity (Wildman–Crippen MR) is 80.0 cm³/mol. The number of nitrogens with one attached hydrogen (secondary N) is 1. The standard InChI is InChI=1S/C13H23N3O3S/c1-10-5-6-11(7-12(10)14)20(18,19)15-8-13(2,17)9-16(3)4/h5-7,15,17H,8-9,14H2,1-4H3. The maximum Gasteiger partial charge on any atom is 0.240 e. The third kappa shape index (κ3) is 4.75. The molecule has 0 bridgehead atoms. The molecule has 20 heavy (non-hydrogen) atoms. The predicted octanol–water partition coefficient (Wildman–Crippen LogP) is 0.168. The van der Waals surface area contributed by atoms with Crippen LogP contribution < -0.4 is 10.5 Å². The molecule has 0 spiro atoms. The molecule has 4 N–H and O–H groups in total. The average Bonchev–Trinajstić information content (AvgIpc) is 2.29. The van der Waals surface area contributed by atoms with E-state index in [1.807, 2.05) is 14.1 Å². The molecule has 0 heterocycles. The van der Waals surface area contributed by atoms with Crippen LogP contribution in [0.15, 0.2) is 23.1 Å². The van der Waals surface area contributed by atoms with Gasteiger partial charge in [0.2, 0.25) is 10.0 Å². The number of aryl methyl sites for hydroxylation is 1. The number of likely N-dealkylation sites (N-methyl/N-ethyl adjacent to an activating group) is 1. The van der Waals surface area contributed by atoms with E-state index in [4.69, 9.17) is 5.73 Å². The molecule has 0 aromatic heterocycles. The van der Waals surface area contributed by atoms with Gasteiger partial charge < -0.3 is 15.7 Å². The second kappa shape index (κ2) is 6.09. The Bertz CT molecular complexity index is 568. The quantitative estimate of drug-likeness (QED) is 0.651. The minimum absolute atomic E-state index is 0.0682. The fraction of sp³-hybridized carbons (Fsp3) is 0.538. The lowest BCUT2D eigenvalue weighted by Crippen LogP contribution is -2.47. The summed E-state index contributed by atoms with van der Waals surface area (Å²) in [6, 6.07) is 4.56. The second-order valence-electron chi connectivity index (χ2n) is 5.58. The number of aliphatic hydroxyl groups is 1. The van der Waals surface area contributed by atoms with Crippen molar-refractivity contribution in [3.05, 3.63) is 23.8 Å². The van der Waals surface area contributed by atoms with Crippen LogP contribution in [0.25, 0.3) is 0 Å². The molecule has 0 fully saturated rings. The van der Waals surface area contributed by atoms with Crippen molar-refractivity contribution >= 4 is 15.7 Å². The van der Waals surface area contributed by atoms with Crippen LogP contribution in [-0.2, 0) is 10.0 Å². The number of rotatable bonds is 6. The maximum absolute atomic E-state index is 12.1. The molecule has 0 aliphatic carbocycles. The van der Waals surface area contributed by atoms with Crippen molar-refractivity contribution in [3.8, 4) is 0 Å². The fourth-order valence-electron chi connectivity index (χ4n) is 1.86. The Morgan fingerprint density at radius 1 is 1.40 bits per heavy atom. The fourth-order valence-corrected chi connectivity index (χ4v) is 3.05. The van der Waals surface area contributed by atoms with Gasteiger partial charge in [-0.25, -0.2) is 13.1 Å². The molecule has 0 radical (unpaired) electrons. The zero-order valence-corrected chi connectivity index (χ0v) is 13.2. The van der Waals surface area contributed by atoms with Gasteiger partial charge in [-0.05, 0) is 45.6 Å². The van der Waals surface area contributed by atoms with Crippen molar-refractivity contribution in [2.75, 3.05) is 32.9 Å². The van der Waals surface area contributed by atoms with E-state index in [9.17, 15) is 13.5 Å². The first kappa shape index (κ1) is 16.9. The van der Waals surface area contributed by atoms with Gasteiger partial charge in [0.25, 0.3) is 0 Å². The number of nitrogen functional groups attached to an aromatic ring is 1. The summed E-state index contributed by atoms with van der Waals surface area (Å²) in [5.41, 5.74) is 5.82. The van der Waals surface area contributed by atoms with Crippen molar-refractivity contribution in [2.24, 2.45) is 0 Å². The minimum atomic E-state index is -3.68. The van der Waals surface area contributed by atoms with Gasteiger partial charge in [0.05, 0.1) is 10.5 Å². The number of sulfonamides is 1. The van der Waals surface area contributed by atoms with Crippen LogP contribution in [0.3, 0.4) is 0 Å². The summed E-state index contributed by atoms with van der Waals surface area (Å²) in [6.45, 7) is 3.67. The monoisotopic (exact) mass is 301 g/mol. The van der Waals surface area contributed by atoms with Crippen LogP contribution >= 0.6 is 0 Å². The van der Waals surface area contributed by atoms with E-state index in [1.165, 1.54) is 12.1 Å². The normalized spacial score (nSPS) is 15.3. The Morgan fingerprint density at radius 2 is 2.00 bits per heavy atom. The molecule has 0 saturated heterocycles. The third-order valence-electron chi connectivity index (χ3n) is 2.86. The molecule has 6 nitrogen and oxygen atoms in total. The molecule has 1 unspecified atom stereocenters. The molecule has 114 valence electrons. The Hall–Kier alpha value is -1.15. The average molecular weight is 301 g/mol. The smallest absolute Gasteiger partial charge is 0.240 e. The highest BCUT2D eigenvalue weighted by molar-refractivity contribution is 7.89. The van der Waals surface area contributed by atoms with Gasteiger partial charge in [-0.3, -0.25) is 0 Å². The zero-order chi connectivity index (χ0) is 15.6. The molecule has 1 aromatic carbocycles. The summed E-state index contributed by atoms with van der Waals surface area (Å²) in [5.74, 6) is 0. The van der Waals surface area contributed by atoms with Crippen LogP contribution in [0.2, 0.25) is 0 Å². The number of anilines is 1. The minimum Gasteiger partial charge on any atom is -0.398 e. The van der Waals surface area contributed by atoms with Gasteiger partial charge in [0.15, 0.2) is 0 Å². The SMILES string of the molecule is Cc1ccc(S(=O)(=O)NCC(C)(O)CN(C)C)cc1N. The van der Waals surface area contributed by atoms with Gasteiger partial charge in [0, 0.05) is 18.8 Å². The van der Waals surface area contributed by atoms with Crippen LogP contribution in [0.5, 0.6) is 0 Å². The molecule has 0 amide bonds. The molecular formula is C13H23N3O3S. The molecule has 1 atom stereocenters. The number of nitrogens with two attached hydrogens (primary N) is 1. The first-order valence-electron chi connectivity index (χ1n) is 6.26. The number of benzene rings is 1. The van der Waals surface area contributed by atoms with Crippen LogP contribution in [-0.4, -0.2) is 51.2 Å². The van der Waals surface area contributed by atoms with E-state index >= 15 is 0 Å². The van der Waals surface area contributed by atoms with E-state index < -0.39 is 15.6 Å². The van der Waals surface area contributed by atoms with Gasteiger partial charge in [-0.1, -0.05) is 6.07 Å². The number of hydrogen-bond donors (Lipinski definition) is 3. The van der Waals surface area contributed by atoms with Crippen molar-refractivity contribution in [1.29, 1.82) is 0 Å². The summed E-state index contributed by atoms with van der Waals surface area (Å²) in [4.78, 5) is 1.89. The topological polar surface area (TPSA) is 95.7 Å². The summed E-state index contributed by atoms with van der Waals surface area (Å²) < 4.78 is 26.7. The van der Waals surface area contributed by atoms with E-state index in [1.54, 1.807) is 24.8 Å². The lowest BCUT2D eigenvalue weighted by molar-refractivity contribution is 0.0386. The first-order chi connectivity index (χ1) is 9.03. The van der Waals surface area contributed by atoms with Gasteiger partial charge in [-0.2, -0.15) is 0 Å². The van der Waals surface area contributed by atoms with E-state index in [0.29, 0.717) is 12.2 Å². The lowest BCUT2D eigenvalue weighted by atomic mass is 10.1. The highest BCUT2D eigenvalue weighted by Crippen LogP contribution is 2.17. The number of nitrogens with zero attached hydrogens (tertiary/aromatic N) is 1. The van der Waals surface area contributed by atoms with Crippen LogP contribution in [0.1, 0.15) is 12.5 Å². The number of hydrogen-bond acceptors (Lipinski definition) is 5. The Kier molecular flexibility index (Phi) is 5.15. The highest BCUT2D eigenvalue weighted by Gasteiger charge is 2.25. The second-order valence-corrected chi connectivity index (χ2v) is 7.34. The zero-order valence-electron chi connectivity index (χ0n) is 12.3. The van der Waals surface area contributed by atoms with Gasteiger partial charge >= 0.3 is 0 Å². The largest absolute Gasteiger partial charge is 0.398 e. The van der Waals surface area contributed by atoms with E-state index in [-0.39, 0.29) is 11.4 Å². The Labute approximate surface area is 120 Å². The first-order valence-corrected chi connectivity index (χ1v) is 7.75. The van der Waals surface area contributed by atoms with Crippen molar-refractivity contribution in [1.82, 2.24) is 9.62 Å². The molecular weight excluding hydrogens is 278 g/mol. The maximum atomic E-state index is 12.1. The molecule has 0 aliphatic rings. The van der Waals surface area contributed by atoms with Crippen molar-refractivity contribution < 1.29 is 13.5 Å². The molecule has 7 heteroatoms. The summed E-state index contributed by atoms with van der Waals surface area (Å²) >= 11 is 0. The molecule has 0 saturated carbocycles. The highest BCUT2D eigenvalue weighted by atomic mass is 32.2. The van der Waals surface area contributed by atoms with Crippen molar-refractivity contribution in [3.63, 3.8) is 0 Å². The molecule has 0 aliphatic heterocycles. The molecule has 1 rings (SSSR count). The summed E-state index contributed by atoms with van der Waals surface area (Å²) in [5, 5.41) is 10.1. The van der Waals surface area contributed by atoms with Crippen molar-refractivity contribution in [2.45, 2.75) is 24.3 Å². The van der Waals surface area contributed by atoms with E-state index in [2.05, 4.69) is 4.72 Å². The summed E-state index contributed by atoms with van der Waals surface area (Å²) in [7, 11) is -0.0587. The Morgan fingerprint density at radius 3 is 2.50 bits per heavy atom. The van der Waals surface area contributed by atoms with Crippen LogP contribution in [0.4, 0.5) is 5.69 Å².